The normalized spacial score (nSPS) is 16.2. The van der Waals surface area contributed by atoms with Gasteiger partial charge in [-0.25, -0.2) is 9.78 Å². The summed E-state index contributed by atoms with van der Waals surface area (Å²) in [6, 6.07) is 6.43. The van der Waals surface area contributed by atoms with Crippen molar-refractivity contribution in [2.75, 3.05) is 23.7 Å². The molecule has 32 heavy (non-hydrogen) atoms. The first kappa shape index (κ1) is 24.2. The molecule has 1 aliphatic heterocycles. The van der Waals surface area contributed by atoms with Crippen molar-refractivity contribution in [1.82, 2.24) is 14.9 Å². The van der Waals surface area contributed by atoms with Crippen molar-refractivity contribution >= 4 is 33.7 Å². The van der Waals surface area contributed by atoms with Gasteiger partial charge in [-0.15, -0.1) is 0 Å². The summed E-state index contributed by atoms with van der Waals surface area (Å²) >= 11 is 3.32. The van der Waals surface area contributed by atoms with E-state index >= 15 is 0 Å². The SMILES string of the molecule is CC(C)(C)C1CN(C(=O)O)CCc2cc(Cc3cnc(NC(=O)CCCBr)cn3)ccc21. The summed E-state index contributed by atoms with van der Waals surface area (Å²) in [6.45, 7) is 7.50. The lowest BCUT2D eigenvalue weighted by Gasteiger charge is -2.33. The lowest BCUT2D eigenvalue weighted by Crippen LogP contribution is -2.36. The first-order valence-electron chi connectivity index (χ1n) is 10.9. The fraction of sp³-hybridized carbons (Fsp3) is 0.500. The predicted octanol–water partition coefficient (Wildman–Crippen LogP) is 4.85. The zero-order chi connectivity index (χ0) is 23.3. The van der Waals surface area contributed by atoms with Crippen LogP contribution < -0.4 is 5.32 Å². The fourth-order valence-electron chi connectivity index (χ4n) is 4.06. The maximum Gasteiger partial charge on any atom is 0.407 e. The van der Waals surface area contributed by atoms with Crippen LogP contribution in [0.25, 0.3) is 0 Å². The summed E-state index contributed by atoms with van der Waals surface area (Å²) in [5, 5.41) is 13.1. The highest BCUT2D eigenvalue weighted by atomic mass is 79.9. The fourth-order valence-corrected chi connectivity index (χ4v) is 4.34. The van der Waals surface area contributed by atoms with Gasteiger partial charge in [-0.3, -0.25) is 9.78 Å². The molecule has 7 nitrogen and oxygen atoms in total. The second-order valence-corrected chi connectivity index (χ2v) is 10.1. The molecule has 2 N–H and O–H groups in total. The molecule has 8 heteroatoms. The monoisotopic (exact) mass is 502 g/mol. The first-order valence-corrected chi connectivity index (χ1v) is 12.1. The van der Waals surface area contributed by atoms with E-state index in [0.717, 1.165) is 23.0 Å². The Bertz CT molecular complexity index is 957. The molecule has 0 bridgehead atoms. The highest BCUT2D eigenvalue weighted by Crippen LogP contribution is 2.39. The van der Waals surface area contributed by atoms with Crippen molar-refractivity contribution in [3.8, 4) is 0 Å². The number of fused-ring (bicyclic) bond motifs is 1. The van der Waals surface area contributed by atoms with Crippen LogP contribution in [0.5, 0.6) is 0 Å². The molecule has 0 aliphatic carbocycles. The Morgan fingerprint density at radius 1 is 1.25 bits per heavy atom. The number of nitrogens with zero attached hydrogens (tertiary/aromatic N) is 3. The van der Waals surface area contributed by atoms with Gasteiger partial charge in [0, 0.05) is 37.2 Å². The van der Waals surface area contributed by atoms with Crippen LogP contribution in [0.4, 0.5) is 10.6 Å². The number of hydrogen-bond donors (Lipinski definition) is 2. The van der Waals surface area contributed by atoms with Crippen LogP contribution in [0.15, 0.2) is 30.6 Å². The van der Waals surface area contributed by atoms with Crippen LogP contribution in [-0.2, 0) is 17.6 Å². The Morgan fingerprint density at radius 3 is 2.66 bits per heavy atom. The molecule has 0 saturated carbocycles. The van der Waals surface area contributed by atoms with E-state index in [1.54, 1.807) is 12.4 Å². The maximum atomic E-state index is 11.8. The summed E-state index contributed by atoms with van der Waals surface area (Å²) < 4.78 is 0. The van der Waals surface area contributed by atoms with Gasteiger partial charge in [-0.05, 0) is 34.9 Å². The molecular formula is C24H31BrN4O3. The minimum atomic E-state index is -0.859. The maximum absolute atomic E-state index is 11.8. The van der Waals surface area contributed by atoms with Crippen molar-refractivity contribution in [3.63, 3.8) is 0 Å². The van der Waals surface area contributed by atoms with Gasteiger partial charge in [0.1, 0.15) is 0 Å². The lowest BCUT2D eigenvalue weighted by atomic mass is 9.75. The molecule has 0 radical (unpaired) electrons. The van der Waals surface area contributed by atoms with Crippen LogP contribution in [-0.4, -0.2) is 50.4 Å². The largest absolute Gasteiger partial charge is 0.465 e. The van der Waals surface area contributed by atoms with Crippen molar-refractivity contribution < 1.29 is 14.7 Å². The van der Waals surface area contributed by atoms with E-state index in [1.807, 2.05) is 0 Å². The summed E-state index contributed by atoms with van der Waals surface area (Å²) in [5.74, 6) is 0.524. The average molecular weight is 503 g/mol. The molecule has 0 fully saturated rings. The minimum absolute atomic E-state index is 0.0471. The van der Waals surface area contributed by atoms with Crippen LogP contribution in [0.1, 0.15) is 61.9 Å². The van der Waals surface area contributed by atoms with E-state index in [2.05, 4.69) is 70.2 Å². The van der Waals surface area contributed by atoms with Crippen LogP contribution in [0.2, 0.25) is 0 Å². The number of rotatable bonds is 6. The molecule has 2 heterocycles. The zero-order valence-corrected chi connectivity index (χ0v) is 20.5. The number of carbonyl (C=O) groups is 2. The lowest BCUT2D eigenvalue weighted by molar-refractivity contribution is -0.116. The van der Waals surface area contributed by atoms with Crippen LogP contribution in [0.3, 0.4) is 0 Å². The zero-order valence-electron chi connectivity index (χ0n) is 18.9. The van der Waals surface area contributed by atoms with Gasteiger partial charge in [0.05, 0.1) is 18.1 Å². The number of anilines is 1. The Kier molecular flexibility index (Phi) is 7.87. The smallest absolute Gasteiger partial charge is 0.407 e. The van der Waals surface area contributed by atoms with Crippen molar-refractivity contribution in [2.45, 2.75) is 52.4 Å². The molecule has 1 aromatic heterocycles. The molecule has 2 aromatic rings. The Labute approximate surface area is 197 Å². The minimum Gasteiger partial charge on any atom is -0.465 e. The Hall–Kier alpha value is -2.48. The van der Waals surface area contributed by atoms with Gasteiger partial charge < -0.3 is 15.3 Å². The van der Waals surface area contributed by atoms with E-state index in [-0.39, 0.29) is 17.2 Å². The van der Waals surface area contributed by atoms with Gasteiger partial charge in [0.2, 0.25) is 5.91 Å². The third kappa shape index (κ3) is 6.28. The highest BCUT2D eigenvalue weighted by molar-refractivity contribution is 9.09. The van der Waals surface area contributed by atoms with Gasteiger partial charge >= 0.3 is 6.09 Å². The number of aromatic nitrogens is 2. The molecule has 2 amide bonds. The van der Waals surface area contributed by atoms with Crippen molar-refractivity contribution in [3.05, 3.63) is 53.0 Å². The molecule has 0 spiro atoms. The number of hydrogen-bond acceptors (Lipinski definition) is 4. The summed E-state index contributed by atoms with van der Waals surface area (Å²) in [5.41, 5.74) is 4.32. The molecule has 172 valence electrons. The van der Waals surface area contributed by atoms with Gasteiger partial charge in [-0.1, -0.05) is 54.9 Å². The number of halogens is 1. The third-order valence-corrected chi connectivity index (χ3v) is 6.41. The van der Waals surface area contributed by atoms with E-state index in [4.69, 9.17) is 0 Å². The van der Waals surface area contributed by atoms with Gasteiger partial charge in [-0.2, -0.15) is 0 Å². The molecule has 1 aromatic carbocycles. The number of nitrogens with one attached hydrogen (secondary N) is 1. The second-order valence-electron chi connectivity index (χ2n) is 9.34. The van der Waals surface area contributed by atoms with E-state index in [9.17, 15) is 14.7 Å². The topological polar surface area (TPSA) is 95.4 Å². The highest BCUT2D eigenvalue weighted by Gasteiger charge is 2.33. The van der Waals surface area contributed by atoms with Gasteiger partial charge in [0.25, 0.3) is 0 Å². The molecule has 1 aliphatic rings. The van der Waals surface area contributed by atoms with E-state index in [1.165, 1.54) is 16.0 Å². The van der Waals surface area contributed by atoms with E-state index < -0.39 is 6.09 Å². The molecule has 3 rings (SSSR count). The first-order chi connectivity index (χ1) is 15.2. The molecule has 1 unspecified atom stereocenters. The number of amides is 2. The molecular weight excluding hydrogens is 472 g/mol. The Morgan fingerprint density at radius 2 is 2.03 bits per heavy atom. The number of benzene rings is 1. The second kappa shape index (κ2) is 10.4. The standard InChI is InChI=1S/C24H31BrN4O3/c1-24(2,3)20-15-29(23(31)32)10-8-17-11-16(6-7-19(17)20)12-18-13-27-21(14-26-18)28-22(30)5-4-9-25/h6-7,11,13-14,20H,4-5,8-10,12,15H2,1-3H3,(H,31,32)(H,27,28,30). The Balaban J connectivity index is 1.75. The third-order valence-electron chi connectivity index (χ3n) is 5.85. The van der Waals surface area contributed by atoms with Crippen LogP contribution >= 0.6 is 15.9 Å². The van der Waals surface area contributed by atoms with Crippen molar-refractivity contribution in [2.24, 2.45) is 5.41 Å². The summed E-state index contributed by atoms with van der Waals surface area (Å²) in [4.78, 5) is 33.8. The quantitative estimate of drug-likeness (QED) is 0.550. The van der Waals surface area contributed by atoms with Crippen molar-refractivity contribution in [1.29, 1.82) is 0 Å². The van der Waals surface area contributed by atoms with Crippen LogP contribution in [0, 0.1) is 5.41 Å². The number of carboxylic acid groups (broad SMARTS) is 1. The van der Waals surface area contributed by atoms with E-state index in [0.29, 0.717) is 38.2 Å². The molecule has 1 atom stereocenters. The molecule has 0 saturated heterocycles. The average Bonchev–Trinajstić information content (AvgIpc) is 2.93. The summed E-state index contributed by atoms with van der Waals surface area (Å²) in [7, 11) is 0. The predicted molar refractivity (Wildman–Crippen MR) is 128 cm³/mol. The number of alkyl halides is 1. The number of carbonyl (C=O) groups excluding carboxylic acids is 1. The summed E-state index contributed by atoms with van der Waals surface area (Å²) in [6.07, 6.45) is 4.96. The van der Waals surface area contributed by atoms with Gasteiger partial charge in [0.15, 0.2) is 5.82 Å².